The van der Waals surface area contributed by atoms with Crippen LogP contribution in [0.1, 0.15) is 18.7 Å². The molecule has 1 aliphatic rings. The minimum Gasteiger partial charge on any atom is -0.305 e. The largest absolute Gasteiger partial charge is 0.305 e. The van der Waals surface area contributed by atoms with Crippen LogP contribution in [0.2, 0.25) is 0 Å². The molecule has 1 fully saturated rings. The van der Waals surface area contributed by atoms with Crippen LogP contribution >= 0.6 is 0 Å². The van der Waals surface area contributed by atoms with Gasteiger partial charge in [-0.25, -0.2) is 22.8 Å². The first-order valence-corrected chi connectivity index (χ1v) is 9.90. The number of hydrogen-bond acceptors (Lipinski definition) is 6. The maximum atomic E-state index is 13.8. The summed E-state index contributed by atoms with van der Waals surface area (Å²) in [7, 11) is -0.971. The molecule has 1 aromatic heterocycles. The standard InChI is InChI=1S/C15H25FN4O2S/c1-19(7-4-8-23(2,21)22)11-14-9-13(16)10-20(14)12-15-17-5-3-6-18-15/h3,5-6,13-14H,4,7-12H2,1-2H3/t13-,14-/m0/s1. The molecule has 2 rings (SSSR count). The Bertz CT molecular complexity index is 584. The van der Waals surface area contributed by atoms with Gasteiger partial charge in [-0.05, 0) is 32.5 Å². The van der Waals surface area contributed by atoms with Crippen LogP contribution in [-0.4, -0.2) is 79.1 Å². The van der Waals surface area contributed by atoms with Crippen LogP contribution in [-0.2, 0) is 16.4 Å². The van der Waals surface area contributed by atoms with Crippen molar-refractivity contribution in [3.05, 3.63) is 24.3 Å². The van der Waals surface area contributed by atoms with Gasteiger partial charge in [0, 0.05) is 37.8 Å². The first kappa shape index (κ1) is 18.2. The number of rotatable bonds is 8. The molecule has 1 aliphatic heterocycles. The van der Waals surface area contributed by atoms with Crippen molar-refractivity contribution in [1.29, 1.82) is 0 Å². The van der Waals surface area contributed by atoms with E-state index >= 15 is 0 Å². The van der Waals surface area contributed by atoms with Gasteiger partial charge in [0.2, 0.25) is 0 Å². The van der Waals surface area contributed by atoms with Crippen LogP contribution in [0, 0.1) is 0 Å². The summed E-state index contributed by atoms with van der Waals surface area (Å²) in [6.07, 6.45) is 4.91. The zero-order valence-electron chi connectivity index (χ0n) is 13.7. The molecule has 0 bridgehead atoms. The number of likely N-dealkylation sites (N-methyl/N-ethyl adjacent to an activating group) is 1. The topological polar surface area (TPSA) is 66.4 Å². The summed E-state index contributed by atoms with van der Waals surface area (Å²) in [4.78, 5) is 12.6. The number of hydrogen-bond donors (Lipinski definition) is 0. The van der Waals surface area contributed by atoms with Crippen molar-refractivity contribution in [2.24, 2.45) is 0 Å². The lowest BCUT2D eigenvalue weighted by Gasteiger charge is -2.27. The Morgan fingerprint density at radius 3 is 2.74 bits per heavy atom. The number of sulfone groups is 1. The van der Waals surface area contributed by atoms with Crippen molar-refractivity contribution in [3.8, 4) is 0 Å². The third-order valence-corrected chi connectivity index (χ3v) is 5.05. The third-order valence-electron chi connectivity index (χ3n) is 4.02. The Labute approximate surface area is 137 Å². The zero-order chi connectivity index (χ0) is 16.9. The van der Waals surface area contributed by atoms with Crippen LogP contribution in [0.5, 0.6) is 0 Å². The van der Waals surface area contributed by atoms with Crippen molar-refractivity contribution in [2.75, 3.05) is 38.7 Å². The second kappa shape index (κ2) is 8.12. The monoisotopic (exact) mass is 344 g/mol. The fourth-order valence-corrected chi connectivity index (χ4v) is 3.60. The average molecular weight is 344 g/mol. The summed E-state index contributed by atoms with van der Waals surface area (Å²) in [6, 6.07) is 1.87. The van der Waals surface area contributed by atoms with E-state index in [9.17, 15) is 12.8 Å². The molecule has 0 radical (unpaired) electrons. The molecular formula is C15H25FN4O2S. The molecule has 0 aliphatic carbocycles. The molecule has 0 spiro atoms. The first-order chi connectivity index (χ1) is 10.8. The summed E-state index contributed by atoms with van der Waals surface area (Å²) >= 11 is 0. The van der Waals surface area contributed by atoms with E-state index in [4.69, 9.17) is 0 Å². The minimum atomic E-state index is -2.92. The highest BCUT2D eigenvalue weighted by molar-refractivity contribution is 7.90. The summed E-state index contributed by atoms with van der Waals surface area (Å²) in [5.74, 6) is 0.890. The molecule has 0 amide bonds. The van der Waals surface area contributed by atoms with Gasteiger partial charge in [0.15, 0.2) is 0 Å². The van der Waals surface area contributed by atoms with E-state index in [1.165, 1.54) is 6.26 Å². The number of likely N-dealkylation sites (tertiary alicyclic amines) is 1. The molecule has 2 atom stereocenters. The van der Waals surface area contributed by atoms with Gasteiger partial charge in [-0.2, -0.15) is 0 Å². The maximum Gasteiger partial charge on any atom is 0.147 e. The van der Waals surface area contributed by atoms with E-state index in [-0.39, 0.29) is 11.8 Å². The highest BCUT2D eigenvalue weighted by Gasteiger charge is 2.33. The van der Waals surface area contributed by atoms with Gasteiger partial charge in [0.1, 0.15) is 21.8 Å². The molecule has 0 saturated carbocycles. The Morgan fingerprint density at radius 1 is 1.39 bits per heavy atom. The van der Waals surface area contributed by atoms with Gasteiger partial charge in [-0.1, -0.05) is 0 Å². The third kappa shape index (κ3) is 6.48. The molecule has 1 saturated heterocycles. The fourth-order valence-electron chi connectivity index (χ4n) is 2.95. The van der Waals surface area contributed by atoms with E-state index in [1.54, 1.807) is 18.5 Å². The summed E-state index contributed by atoms with van der Waals surface area (Å²) in [5.41, 5.74) is 0. The first-order valence-electron chi connectivity index (χ1n) is 7.84. The summed E-state index contributed by atoms with van der Waals surface area (Å²) < 4.78 is 36.1. The molecule has 8 heteroatoms. The van der Waals surface area contributed by atoms with Crippen LogP contribution < -0.4 is 0 Å². The van der Waals surface area contributed by atoms with E-state index < -0.39 is 16.0 Å². The quantitative estimate of drug-likeness (QED) is 0.693. The molecule has 6 nitrogen and oxygen atoms in total. The van der Waals surface area contributed by atoms with Crippen molar-refractivity contribution in [1.82, 2.24) is 19.8 Å². The maximum absolute atomic E-state index is 13.8. The van der Waals surface area contributed by atoms with Crippen molar-refractivity contribution in [3.63, 3.8) is 0 Å². The lowest BCUT2D eigenvalue weighted by Crippen LogP contribution is -2.39. The van der Waals surface area contributed by atoms with Crippen LogP contribution in [0.15, 0.2) is 18.5 Å². The Morgan fingerprint density at radius 2 is 2.09 bits per heavy atom. The molecule has 130 valence electrons. The van der Waals surface area contributed by atoms with Crippen molar-refractivity contribution >= 4 is 9.84 Å². The van der Waals surface area contributed by atoms with E-state index in [2.05, 4.69) is 19.8 Å². The SMILES string of the molecule is CN(CCCS(C)(=O)=O)C[C@@H]1C[C@H](F)CN1Cc1ncccn1. The van der Waals surface area contributed by atoms with Gasteiger partial charge in [0.25, 0.3) is 0 Å². The Hall–Kier alpha value is -1.12. The van der Waals surface area contributed by atoms with Crippen LogP contribution in [0.4, 0.5) is 4.39 Å². The normalized spacial score (nSPS) is 22.8. The number of halogens is 1. The summed E-state index contributed by atoms with van der Waals surface area (Å²) in [6.45, 7) is 2.36. The molecule has 0 N–H and O–H groups in total. The van der Waals surface area contributed by atoms with E-state index in [1.807, 2.05) is 7.05 Å². The number of aromatic nitrogens is 2. The zero-order valence-corrected chi connectivity index (χ0v) is 14.5. The second-order valence-electron chi connectivity index (χ2n) is 6.33. The van der Waals surface area contributed by atoms with Gasteiger partial charge in [0.05, 0.1) is 12.3 Å². The predicted molar refractivity (Wildman–Crippen MR) is 87.6 cm³/mol. The van der Waals surface area contributed by atoms with Crippen molar-refractivity contribution in [2.45, 2.75) is 31.6 Å². The van der Waals surface area contributed by atoms with E-state index in [0.717, 1.165) is 6.54 Å². The number of alkyl halides is 1. The highest BCUT2D eigenvalue weighted by Crippen LogP contribution is 2.22. The molecule has 0 unspecified atom stereocenters. The molecule has 23 heavy (non-hydrogen) atoms. The second-order valence-corrected chi connectivity index (χ2v) is 8.59. The van der Waals surface area contributed by atoms with Crippen LogP contribution in [0.3, 0.4) is 0 Å². The van der Waals surface area contributed by atoms with Crippen molar-refractivity contribution < 1.29 is 12.8 Å². The van der Waals surface area contributed by atoms with Gasteiger partial charge >= 0.3 is 0 Å². The average Bonchev–Trinajstić information content (AvgIpc) is 2.78. The molecule has 2 heterocycles. The van der Waals surface area contributed by atoms with Crippen LogP contribution in [0.25, 0.3) is 0 Å². The van der Waals surface area contributed by atoms with Gasteiger partial charge in [-0.15, -0.1) is 0 Å². The van der Waals surface area contributed by atoms with Gasteiger partial charge < -0.3 is 4.90 Å². The minimum absolute atomic E-state index is 0.108. The predicted octanol–water partition coefficient (Wildman–Crippen LogP) is 0.756. The Kier molecular flexibility index (Phi) is 6.43. The molecule has 0 aromatic carbocycles. The van der Waals surface area contributed by atoms with E-state index in [0.29, 0.717) is 38.3 Å². The smallest absolute Gasteiger partial charge is 0.147 e. The van der Waals surface area contributed by atoms with Gasteiger partial charge in [-0.3, -0.25) is 4.90 Å². The lowest BCUT2D eigenvalue weighted by molar-refractivity contribution is 0.181. The lowest BCUT2D eigenvalue weighted by atomic mass is 10.2. The summed E-state index contributed by atoms with van der Waals surface area (Å²) in [5, 5.41) is 0. The molecular weight excluding hydrogens is 319 g/mol. The Balaban J connectivity index is 1.84. The highest BCUT2D eigenvalue weighted by atomic mass is 32.2. The number of nitrogens with zero attached hydrogens (tertiary/aromatic N) is 4. The molecule has 1 aromatic rings. The fraction of sp³-hybridized carbons (Fsp3) is 0.733.